The Bertz CT molecular complexity index is 602. The minimum atomic E-state index is -1.08. The summed E-state index contributed by atoms with van der Waals surface area (Å²) in [4.78, 5) is 10.9. The largest absolute Gasteiger partial charge is 0.475 e. The van der Waals surface area contributed by atoms with E-state index in [0.29, 0.717) is 33.6 Å². The third-order valence-electron chi connectivity index (χ3n) is 2.57. The van der Waals surface area contributed by atoms with Crippen molar-refractivity contribution in [3.8, 4) is 0 Å². The van der Waals surface area contributed by atoms with Gasteiger partial charge in [0.1, 0.15) is 5.76 Å². The van der Waals surface area contributed by atoms with E-state index >= 15 is 0 Å². The van der Waals surface area contributed by atoms with E-state index in [1.807, 2.05) is 0 Å². The summed E-state index contributed by atoms with van der Waals surface area (Å²) < 4.78 is 5.23. The molecule has 2 N–H and O–H groups in total. The normalized spacial score (nSPS) is 10.5. The van der Waals surface area contributed by atoms with E-state index in [-0.39, 0.29) is 5.76 Å². The van der Waals surface area contributed by atoms with E-state index in [1.165, 1.54) is 0 Å². The van der Waals surface area contributed by atoms with Gasteiger partial charge in [-0.15, -0.1) is 0 Å². The Morgan fingerprint density at radius 3 is 2.53 bits per heavy atom. The standard InChI is InChI=1S/C13H11Cl2NO3/c1-7-5-8(19-12(7)13(17)18)6-16-11-9(14)3-2-4-10(11)15/h2-5,16H,6H2,1H3,(H,17,18). The number of halogens is 2. The van der Waals surface area contributed by atoms with Crippen molar-refractivity contribution in [2.75, 3.05) is 5.32 Å². The number of hydrogen-bond donors (Lipinski definition) is 2. The SMILES string of the molecule is Cc1cc(CNc2c(Cl)cccc2Cl)oc1C(=O)O. The van der Waals surface area contributed by atoms with Gasteiger partial charge in [-0.1, -0.05) is 29.3 Å². The summed E-state index contributed by atoms with van der Waals surface area (Å²) in [5.74, 6) is -0.632. The maximum Gasteiger partial charge on any atom is 0.372 e. The summed E-state index contributed by atoms with van der Waals surface area (Å²) in [7, 11) is 0. The Morgan fingerprint density at radius 1 is 1.37 bits per heavy atom. The van der Waals surface area contributed by atoms with Gasteiger partial charge >= 0.3 is 5.97 Å². The fourth-order valence-electron chi connectivity index (χ4n) is 1.69. The number of aromatic carboxylic acids is 1. The molecule has 0 saturated heterocycles. The van der Waals surface area contributed by atoms with Crippen molar-refractivity contribution in [1.82, 2.24) is 0 Å². The summed E-state index contributed by atoms with van der Waals surface area (Å²) in [5, 5.41) is 12.9. The van der Waals surface area contributed by atoms with Gasteiger partial charge in [-0.25, -0.2) is 4.79 Å². The molecular weight excluding hydrogens is 289 g/mol. The van der Waals surface area contributed by atoms with Crippen LogP contribution in [-0.2, 0) is 6.54 Å². The minimum Gasteiger partial charge on any atom is -0.475 e. The lowest BCUT2D eigenvalue weighted by atomic mass is 10.2. The molecule has 1 aromatic carbocycles. The third kappa shape index (κ3) is 3.03. The van der Waals surface area contributed by atoms with Crippen molar-refractivity contribution >= 4 is 34.9 Å². The lowest BCUT2D eigenvalue weighted by Gasteiger charge is -2.08. The van der Waals surface area contributed by atoms with Crippen molar-refractivity contribution < 1.29 is 14.3 Å². The summed E-state index contributed by atoms with van der Waals surface area (Å²) in [6, 6.07) is 6.84. The van der Waals surface area contributed by atoms with Crippen molar-refractivity contribution in [2.45, 2.75) is 13.5 Å². The highest BCUT2D eigenvalue weighted by molar-refractivity contribution is 6.39. The number of carbonyl (C=O) groups is 1. The zero-order valence-corrected chi connectivity index (χ0v) is 11.5. The van der Waals surface area contributed by atoms with Crippen LogP contribution in [0.1, 0.15) is 21.9 Å². The number of benzene rings is 1. The summed E-state index contributed by atoms with van der Waals surface area (Å²) in [6.45, 7) is 1.98. The molecule has 6 heteroatoms. The minimum absolute atomic E-state index is 0.0537. The van der Waals surface area contributed by atoms with Crippen LogP contribution in [0.4, 0.5) is 5.69 Å². The Balaban J connectivity index is 2.15. The maximum absolute atomic E-state index is 10.9. The molecule has 0 aliphatic rings. The van der Waals surface area contributed by atoms with E-state index in [0.717, 1.165) is 0 Å². The van der Waals surface area contributed by atoms with Crippen molar-refractivity contribution in [2.24, 2.45) is 0 Å². The number of carboxylic acid groups (broad SMARTS) is 1. The highest BCUT2D eigenvalue weighted by atomic mass is 35.5. The molecule has 0 atom stereocenters. The van der Waals surface area contributed by atoms with Gasteiger partial charge < -0.3 is 14.8 Å². The Morgan fingerprint density at radius 2 is 2.00 bits per heavy atom. The summed E-state index contributed by atoms with van der Waals surface area (Å²) in [5.41, 5.74) is 1.17. The molecule has 1 heterocycles. The zero-order valence-electron chi connectivity index (χ0n) is 10.0. The average Bonchev–Trinajstić information content (AvgIpc) is 2.70. The van der Waals surface area contributed by atoms with Crippen LogP contribution in [0.2, 0.25) is 10.0 Å². The number of rotatable bonds is 4. The smallest absolute Gasteiger partial charge is 0.372 e. The van der Waals surface area contributed by atoms with Crippen LogP contribution in [-0.4, -0.2) is 11.1 Å². The third-order valence-corrected chi connectivity index (χ3v) is 3.20. The maximum atomic E-state index is 10.9. The van der Waals surface area contributed by atoms with Crippen LogP contribution < -0.4 is 5.32 Å². The molecule has 0 radical (unpaired) electrons. The fraction of sp³-hybridized carbons (Fsp3) is 0.154. The number of anilines is 1. The van der Waals surface area contributed by atoms with Crippen LogP contribution in [0.25, 0.3) is 0 Å². The van der Waals surface area contributed by atoms with Crippen LogP contribution in [0.5, 0.6) is 0 Å². The summed E-state index contributed by atoms with van der Waals surface area (Å²) in [6.07, 6.45) is 0. The first-order valence-corrected chi connectivity index (χ1v) is 6.25. The highest BCUT2D eigenvalue weighted by Crippen LogP contribution is 2.30. The quantitative estimate of drug-likeness (QED) is 0.888. The van der Waals surface area contributed by atoms with Crippen LogP contribution >= 0.6 is 23.2 Å². The molecule has 19 heavy (non-hydrogen) atoms. The van der Waals surface area contributed by atoms with Gasteiger partial charge in [-0.2, -0.15) is 0 Å². The van der Waals surface area contributed by atoms with Gasteiger partial charge in [0.05, 0.1) is 22.3 Å². The van der Waals surface area contributed by atoms with E-state index in [2.05, 4.69) is 5.32 Å². The number of aryl methyl sites for hydroxylation is 1. The molecule has 0 saturated carbocycles. The van der Waals surface area contributed by atoms with Gasteiger partial charge in [-0.3, -0.25) is 0 Å². The lowest BCUT2D eigenvalue weighted by Crippen LogP contribution is -2.00. The Kier molecular flexibility index (Phi) is 4.02. The Labute approximate surface area is 119 Å². The molecule has 2 rings (SSSR count). The lowest BCUT2D eigenvalue weighted by molar-refractivity contribution is 0.0659. The van der Waals surface area contributed by atoms with Crippen molar-refractivity contribution in [1.29, 1.82) is 0 Å². The number of para-hydroxylation sites is 1. The number of nitrogens with one attached hydrogen (secondary N) is 1. The first kappa shape index (κ1) is 13.8. The molecule has 2 aromatic rings. The van der Waals surface area contributed by atoms with Gasteiger partial charge in [0.2, 0.25) is 5.76 Å². The van der Waals surface area contributed by atoms with E-state index in [4.69, 9.17) is 32.7 Å². The van der Waals surface area contributed by atoms with Gasteiger partial charge in [-0.05, 0) is 25.1 Å². The second-order valence-electron chi connectivity index (χ2n) is 3.98. The Hall–Kier alpha value is -1.65. The van der Waals surface area contributed by atoms with E-state index in [9.17, 15) is 4.79 Å². The van der Waals surface area contributed by atoms with Gasteiger partial charge in [0.15, 0.2) is 0 Å². The molecule has 4 nitrogen and oxygen atoms in total. The van der Waals surface area contributed by atoms with E-state index in [1.54, 1.807) is 31.2 Å². The predicted molar refractivity (Wildman–Crippen MR) is 74.2 cm³/mol. The highest BCUT2D eigenvalue weighted by Gasteiger charge is 2.14. The molecule has 0 unspecified atom stereocenters. The van der Waals surface area contributed by atoms with Gasteiger partial charge in [0.25, 0.3) is 0 Å². The van der Waals surface area contributed by atoms with Crippen molar-refractivity contribution in [3.05, 3.63) is 51.4 Å². The summed E-state index contributed by atoms with van der Waals surface area (Å²) >= 11 is 12.0. The second-order valence-corrected chi connectivity index (χ2v) is 4.79. The number of hydrogen-bond acceptors (Lipinski definition) is 3. The molecule has 1 aromatic heterocycles. The molecule has 0 spiro atoms. The van der Waals surface area contributed by atoms with Crippen LogP contribution in [0.15, 0.2) is 28.7 Å². The zero-order chi connectivity index (χ0) is 14.0. The molecule has 0 amide bonds. The van der Waals surface area contributed by atoms with E-state index < -0.39 is 5.97 Å². The van der Waals surface area contributed by atoms with Gasteiger partial charge in [0, 0.05) is 5.56 Å². The molecular formula is C13H11Cl2NO3. The molecule has 0 bridgehead atoms. The first-order valence-electron chi connectivity index (χ1n) is 5.49. The van der Waals surface area contributed by atoms with Crippen molar-refractivity contribution in [3.63, 3.8) is 0 Å². The molecule has 0 aliphatic heterocycles. The molecule has 0 fully saturated rings. The molecule has 100 valence electrons. The molecule has 0 aliphatic carbocycles. The second kappa shape index (κ2) is 5.55. The fourth-order valence-corrected chi connectivity index (χ4v) is 2.22. The van der Waals surface area contributed by atoms with Crippen LogP contribution in [0.3, 0.4) is 0 Å². The van der Waals surface area contributed by atoms with Crippen LogP contribution in [0, 0.1) is 6.92 Å². The monoisotopic (exact) mass is 299 g/mol. The number of carboxylic acids is 1. The number of furan rings is 1. The first-order chi connectivity index (χ1) is 8.99. The topological polar surface area (TPSA) is 62.5 Å². The average molecular weight is 300 g/mol. The predicted octanol–water partition coefficient (Wildman–Crippen LogP) is 4.21.